The predicted octanol–water partition coefficient (Wildman–Crippen LogP) is 2.90. The lowest BCUT2D eigenvalue weighted by molar-refractivity contribution is -0.154. The summed E-state index contributed by atoms with van der Waals surface area (Å²) >= 11 is 7.24. The van der Waals surface area contributed by atoms with Crippen LogP contribution in [0, 0.1) is 23.7 Å². The van der Waals surface area contributed by atoms with Crippen LogP contribution in [-0.2, 0) is 28.7 Å². The van der Waals surface area contributed by atoms with Crippen molar-refractivity contribution in [2.75, 3.05) is 25.1 Å². The number of hydrogen-bond donors (Lipinski definition) is 1. The number of unbranched alkanes of at least 4 members (excludes halogenated alkanes) is 1. The maximum absolute atomic E-state index is 12.9. The van der Waals surface area contributed by atoms with Crippen molar-refractivity contribution in [2.24, 2.45) is 23.7 Å². The highest BCUT2D eigenvalue weighted by molar-refractivity contribution is 9.12. The first-order chi connectivity index (χ1) is 16.7. The van der Waals surface area contributed by atoms with E-state index in [9.17, 15) is 24.0 Å². The molecule has 0 unspecified atom stereocenters. The number of carbonyl (C=O) groups excluding carboxylic acids is 5. The van der Waals surface area contributed by atoms with Crippen LogP contribution in [0.1, 0.15) is 36.5 Å². The van der Waals surface area contributed by atoms with E-state index in [1.54, 1.807) is 12.1 Å². The molecule has 0 spiro atoms. The SMILES string of the molecule is CCCCOC(=O)c1ccc(NC(=O)COC(=O)CN2C(=O)[C@@H]3[C@H]4C[C@@H]([C@H](Br)[C@H]4Br)[C@H]3C2=O)cc1. The molecule has 2 saturated carbocycles. The van der Waals surface area contributed by atoms with E-state index in [2.05, 4.69) is 37.2 Å². The van der Waals surface area contributed by atoms with Gasteiger partial charge in [0.25, 0.3) is 5.91 Å². The van der Waals surface area contributed by atoms with Gasteiger partial charge in [-0.15, -0.1) is 0 Å². The highest BCUT2D eigenvalue weighted by Crippen LogP contribution is 2.60. The van der Waals surface area contributed by atoms with Crippen LogP contribution in [0.15, 0.2) is 24.3 Å². The third kappa shape index (κ3) is 5.16. The number of benzene rings is 1. The summed E-state index contributed by atoms with van der Waals surface area (Å²) < 4.78 is 10.1. The second-order valence-corrected chi connectivity index (χ2v) is 11.2. The molecule has 35 heavy (non-hydrogen) atoms. The van der Waals surface area contributed by atoms with E-state index in [1.165, 1.54) is 12.1 Å². The first-order valence-corrected chi connectivity index (χ1v) is 13.4. The standard InChI is InChI=1S/C24H26Br2N2O7/c1-2-3-8-34-24(33)12-4-6-13(7-5-12)27-16(29)11-35-17(30)10-28-22(31)18-14-9-15(19(18)23(28)32)21(26)20(14)25/h4-7,14-15,18-21H,2-3,8-11H2,1H3,(H,27,29)/t14-,15-,18-,19-,20+,21+/m1/s1. The lowest BCUT2D eigenvalue weighted by Crippen LogP contribution is -2.38. The Morgan fingerprint density at radius 2 is 1.60 bits per heavy atom. The fourth-order valence-corrected chi connectivity index (χ4v) is 7.04. The molecule has 2 aliphatic carbocycles. The van der Waals surface area contributed by atoms with Crippen molar-refractivity contribution in [3.05, 3.63) is 29.8 Å². The number of ether oxygens (including phenoxy) is 2. The normalized spacial score (nSPS) is 28.7. The maximum atomic E-state index is 12.9. The summed E-state index contributed by atoms with van der Waals surface area (Å²) in [7, 11) is 0. The molecule has 1 aromatic rings. The summed E-state index contributed by atoms with van der Waals surface area (Å²) in [6.07, 6.45) is 2.51. The van der Waals surface area contributed by atoms with Crippen molar-refractivity contribution in [3.8, 4) is 0 Å². The number of likely N-dealkylation sites (tertiary alicyclic amines) is 1. The topological polar surface area (TPSA) is 119 Å². The van der Waals surface area contributed by atoms with Crippen LogP contribution in [0.3, 0.4) is 0 Å². The van der Waals surface area contributed by atoms with Gasteiger partial charge in [-0.25, -0.2) is 4.79 Å². The number of carbonyl (C=O) groups is 5. The molecule has 3 fully saturated rings. The second-order valence-electron chi connectivity index (χ2n) is 9.04. The summed E-state index contributed by atoms with van der Waals surface area (Å²) in [5.41, 5.74) is 0.777. The minimum atomic E-state index is -0.829. The third-order valence-corrected chi connectivity index (χ3v) is 10.1. The molecule has 1 N–H and O–H groups in total. The zero-order chi connectivity index (χ0) is 25.3. The summed E-state index contributed by atoms with van der Waals surface area (Å²) in [6, 6.07) is 6.14. The Labute approximate surface area is 219 Å². The molecule has 3 amide bonds. The van der Waals surface area contributed by atoms with Crippen molar-refractivity contribution in [1.82, 2.24) is 4.90 Å². The first-order valence-electron chi connectivity index (χ1n) is 11.6. The number of imide groups is 1. The quantitative estimate of drug-likeness (QED) is 0.197. The van der Waals surface area contributed by atoms with Gasteiger partial charge < -0.3 is 14.8 Å². The van der Waals surface area contributed by atoms with E-state index in [0.717, 1.165) is 24.2 Å². The van der Waals surface area contributed by atoms with Gasteiger partial charge in [0, 0.05) is 15.3 Å². The number of amides is 3. The van der Waals surface area contributed by atoms with Gasteiger partial charge >= 0.3 is 11.9 Å². The van der Waals surface area contributed by atoms with Gasteiger partial charge in [0.15, 0.2) is 6.61 Å². The van der Waals surface area contributed by atoms with E-state index in [1.807, 2.05) is 6.92 Å². The monoisotopic (exact) mass is 612 g/mol. The van der Waals surface area contributed by atoms with Gasteiger partial charge in [0.1, 0.15) is 6.54 Å². The molecule has 0 radical (unpaired) electrons. The molecule has 1 heterocycles. The van der Waals surface area contributed by atoms with Gasteiger partial charge in [-0.3, -0.25) is 24.1 Å². The Morgan fingerprint density at radius 1 is 1.00 bits per heavy atom. The van der Waals surface area contributed by atoms with E-state index in [-0.39, 0.29) is 33.3 Å². The molecule has 4 rings (SSSR count). The fourth-order valence-electron chi connectivity index (χ4n) is 5.17. The van der Waals surface area contributed by atoms with Crippen LogP contribution in [-0.4, -0.2) is 64.0 Å². The number of rotatable bonds is 9. The lowest BCUT2D eigenvalue weighted by atomic mass is 9.81. The lowest BCUT2D eigenvalue weighted by Gasteiger charge is -2.28. The summed E-state index contributed by atoms with van der Waals surface area (Å²) in [6.45, 7) is 1.27. The number of nitrogens with one attached hydrogen (secondary N) is 1. The average molecular weight is 614 g/mol. The van der Waals surface area contributed by atoms with Gasteiger partial charge in [0.05, 0.1) is 24.0 Å². The molecule has 9 nitrogen and oxygen atoms in total. The van der Waals surface area contributed by atoms with Crippen molar-refractivity contribution in [3.63, 3.8) is 0 Å². The Kier molecular flexibility index (Phi) is 7.95. The molecular weight excluding hydrogens is 588 g/mol. The molecule has 1 saturated heterocycles. The number of esters is 2. The van der Waals surface area contributed by atoms with E-state index in [0.29, 0.717) is 17.9 Å². The molecule has 2 bridgehead atoms. The minimum absolute atomic E-state index is 0.0576. The molecule has 188 valence electrons. The number of alkyl halides is 2. The van der Waals surface area contributed by atoms with E-state index in [4.69, 9.17) is 9.47 Å². The van der Waals surface area contributed by atoms with Crippen LogP contribution in [0.25, 0.3) is 0 Å². The maximum Gasteiger partial charge on any atom is 0.338 e. The van der Waals surface area contributed by atoms with Crippen LogP contribution in [0.5, 0.6) is 0 Å². The Hall–Kier alpha value is -2.27. The third-order valence-electron chi connectivity index (χ3n) is 6.87. The summed E-state index contributed by atoms with van der Waals surface area (Å²) in [5.74, 6) is -3.24. The Morgan fingerprint density at radius 3 is 2.17 bits per heavy atom. The van der Waals surface area contributed by atoms with E-state index >= 15 is 0 Å². The van der Waals surface area contributed by atoms with Gasteiger partial charge in [0.2, 0.25) is 11.8 Å². The van der Waals surface area contributed by atoms with Crippen LogP contribution >= 0.6 is 31.9 Å². The molecule has 1 aromatic carbocycles. The number of anilines is 1. The van der Waals surface area contributed by atoms with Crippen molar-refractivity contribution in [1.29, 1.82) is 0 Å². The van der Waals surface area contributed by atoms with Crippen LogP contribution < -0.4 is 5.32 Å². The molecule has 0 aromatic heterocycles. The van der Waals surface area contributed by atoms with Crippen molar-refractivity contribution in [2.45, 2.75) is 35.8 Å². The van der Waals surface area contributed by atoms with Gasteiger partial charge in [-0.05, 0) is 48.9 Å². The first kappa shape index (κ1) is 25.8. The molecule has 3 aliphatic rings. The number of fused-ring (bicyclic) bond motifs is 5. The highest BCUT2D eigenvalue weighted by Gasteiger charge is 2.66. The number of hydrogen-bond acceptors (Lipinski definition) is 7. The zero-order valence-corrected chi connectivity index (χ0v) is 22.2. The number of nitrogens with zero attached hydrogens (tertiary/aromatic N) is 1. The predicted molar refractivity (Wildman–Crippen MR) is 132 cm³/mol. The summed E-state index contributed by atoms with van der Waals surface area (Å²) in [4.78, 5) is 63.3. The van der Waals surface area contributed by atoms with Crippen LogP contribution in [0.4, 0.5) is 5.69 Å². The minimum Gasteiger partial charge on any atom is -0.462 e. The van der Waals surface area contributed by atoms with Crippen molar-refractivity contribution < 1.29 is 33.4 Å². The molecular formula is C24H26Br2N2O7. The molecule has 6 atom stereocenters. The summed E-state index contributed by atoms with van der Waals surface area (Å²) in [5, 5.41) is 2.56. The molecule has 11 heteroatoms. The smallest absolute Gasteiger partial charge is 0.338 e. The molecule has 1 aliphatic heterocycles. The van der Waals surface area contributed by atoms with Crippen molar-refractivity contribution >= 4 is 67.2 Å². The highest BCUT2D eigenvalue weighted by atomic mass is 79.9. The van der Waals surface area contributed by atoms with Gasteiger partial charge in [-0.2, -0.15) is 0 Å². The zero-order valence-electron chi connectivity index (χ0n) is 19.1. The second kappa shape index (κ2) is 10.8. The Balaban J connectivity index is 1.24. The number of halogens is 2. The Bertz CT molecular complexity index is 999. The largest absolute Gasteiger partial charge is 0.462 e. The average Bonchev–Trinajstić information content (AvgIpc) is 3.44. The van der Waals surface area contributed by atoms with Crippen LogP contribution in [0.2, 0.25) is 0 Å². The fraction of sp³-hybridized carbons (Fsp3) is 0.542. The van der Waals surface area contributed by atoms with Gasteiger partial charge in [-0.1, -0.05) is 45.2 Å². The van der Waals surface area contributed by atoms with E-state index < -0.39 is 42.8 Å².